The molecule has 2 N–H and O–H groups in total. The van der Waals surface area contributed by atoms with E-state index in [4.69, 9.17) is 17.3 Å². The van der Waals surface area contributed by atoms with Gasteiger partial charge in [0.15, 0.2) is 5.78 Å². The first-order valence-electron chi connectivity index (χ1n) is 13.9. The van der Waals surface area contributed by atoms with Crippen molar-refractivity contribution >= 4 is 34.8 Å². The van der Waals surface area contributed by atoms with E-state index >= 15 is 0 Å². The van der Waals surface area contributed by atoms with Crippen molar-refractivity contribution in [2.45, 2.75) is 64.9 Å². The number of rotatable bonds is 6. The second-order valence-corrected chi connectivity index (χ2v) is 13.4. The van der Waals surface area contributed by atoms with Crippen LogP contribution in [0.3, 0.4) is 0 Å². The first-order chi connectivity index (χ1) is 19.5. The number of hydrogen-bond acceptors (Lipinski definition) is 5. The van der Waals surface area contributed by atoms with E-state index in [1.54, 1.807) is 0 Å². The molecule has 2 aliphatic rings. The Balaban J connectivity index is 1.64. The number of carbonyl (C=O) groups is 1. The van der Waals surface area contributed by atoms with E-state index in [0.717, 1.165) is 45.1 Å². The molecule has 1 heterocycles. The molecule has 0 fully saturated rings. The number of nitrogens with two attached hydrogens (primary N) is 1. The number of hydrogen-bond donors (Lipinski definition) is 1. The summed E-state index contributed by atoms with van der Waals surface area (Å²) in [5, 5.41) is 11.2. The van der Waals surface area contributed by atoms with Gasteiger partial charge in [0.1, 0.15) is 5.82 Å². The fourth-order valence-electron chi connectivity index (χ4n) is 6.10. The van der Waals surface area contributed by atoms with Gasteiger partial charge >= 0.3 is 0 Å². The van der Waals surface area contributed by atoms with Gasteiger partial charge in [-0.15, -0.1) is 0 Å². The van der Waals surface area contributed by atoms with Gasteiger partial charge in [0.25, 0.3) is 0 Å². The average molecular weight is 582 g/mol. The van der Waals surface area contributed by atoms with E-state index in [2.05, 4.69) is 70.2 Å². The van der Waals surface area contributed by atoms with Gasteiger partial charge in [-0.1, -0.05) is 79.5 Å². The molecule has 1 aliphatic carbocycles. The van der Waals surface area contributed by atoms with Crippen LogP contribution >= 0.6 is 23.4 Å². The SMILES string of the molecule is Cc1cc(CSCc2ccccc2)c(C)c(C2C(C#N)=C(N)N(c3ccc(C)c(Cl)c3)C3=C2C(=O)CC(C)(C)C3)c1. The minimum atomic E-state index is -0.506. The summed E-state index contributed by atoms with van der Waals surface area (Å²) >= 11 is 8.40. The average Bonchev–Trinajstić information content (AvgIpc) is 2.91. The summed E-state index contributed by atoms with van der Waals surface area (Å²) in [5.41, 5.74) is 16.0. The Kier molecular flexibility index (Phi) is 8.10. The lowest BCUT2D eigenvalue weighted by Gasteiger charge is -2.44. The molecule has 0 saturated heterocycles. The highest BCUT2D eigenvalue weighted by Gasteiger charge is 2.45. The molecule has 1 atom stereocenters. The molecule has 0 spiro atoms. The lowest BCUT2D eigenvalue weighted by atomic mass is 9.68. The van der Waals surface area contributed by atoms with Crippen molar-refractivity contribution in [2.24, 2.45) is 11.1 Å². The third-order valence-corrected chi connectivity index (χ3v) is 9.63. The zero-order valence-electron chi connectivity index (χ0n) is 24.3. The van der Waals surface area contributed by atoms with Crippen LogP contribution in [0, 0.1) is 37.5 Å². The van der Waals surface area contributed by atoms with E-state index < -0.39 is 5.92 Å². The van der Waals surface area contributed by atoms with Gasteiger partial charge in [-0.2, -0.15) is 17.0 Å². The Morgan fingerprint density at radius 1 is 1.05 bits per heavy atom. The molecule has 6 heteroatoms. The minimum Gasteiger partial charge on any atom is -0.384 e. The largest absolute Gasteiger partial charge is 0.384 e. The quantitative estimate of drug-likeness (QED) is 0.315. The molecule has 0 bridgehead atoms. The van der Waals surface area contributed by atoms with Crippen molar-refractivity contribution in [1.82, 2.24) is 0 Å². The second kappa shape index (κ2) is 11.4. The Morgan fingerprint density at radius 2 is 1.78 bits per heavy atom. The van der Waals surface area contributed by atoms with Gasteiger partial charge in [0, 0.05) is 39.9 Å². The van der Waals surface area contributed by atoms with Crippen LogP contribution < -0.4 is 10.6 Å². The summed E-state index contributed by atoms with van der Waals surface area (Å²) in [7, 11) is 0. The molecule has 0 amide bonds. The molecule has 0 saturated carbocycles. The first-order valence-corrected chi connectivity index (χ1v) is 15.5. The summed E-state index contributed by atoms with van der Waals surface area (Å²) < 4.78 is 0. The number of carbonyl (C=O) groups excluding carboxylic acids is 1. The van der Waals surface area contributed by atoms with Crippen LogP contribution in [-0.4, -0.2) is 5.78 Å². The number of aryl methyl sites for hydroxylation is 2. The van der Waals surface area contributed by atoms with Gasteiger partial charge in [0.05, 0.1) is 17.6 Å². The van der Waals surface area contributed by atoms with Gasteiger partial charge in [-0.3, -0.25) is 9.69 Å². The zero-order chi connectivity index (χ0) is 29.5. The molecule has 4 nitrogen and oxygen atoms in total. The monoisotopic (exact) mass is 581 g/mol. The van der Waals surface area contributed by atoms with E-state index in [1.165, 1.54) is 11.1 Å². The molecular formula is C35H36ClN3OS. The first kappa shape index (κ1) is 29.0. The van der Waals surface area contributed by atoms with Crippen LogP contribution in [0.2, 0.25) is 5.02 Å². The number of nitriles is 1. The number of thioether (sulfide) groups is 1. The van der Waals surface area contributed by atoms with Crippen molar-refractivity contribution in [3.8, 4) is 6.07 Å². The molecular weight excluding hydrogens is 546 g/mol. The van der Waals surface area contributed by atoms with Crippen molar-refractivity contribution in [2.75, 3.05) is 4.90 Å². The van der Waals surface area contributed by atoms with Crippen molar-refractivity contribution in [3.63, 3.8) is 0 Å². The van der Waals surface area contributed by atoms with Crippen molar-refractivity contribution in [3.05, 3.63) is 122 Å². The number of ketones is 1. The highest BCUT2D eigenvalue weighted by atomic mass is 35.5. The molecule has 41 heavy (non-hydrogen) atoms. The van der Waals surface area contributed by atoms with Crippen LogP contribution in [0.25, 0.3) is 0 Å². The smallest absolute Gasteiger partial charge is 0.162 e. The molecule has 0 aromatic heterocycles. The summed E-state index contributed by atoms with van der Waals surface area (Å²) in [6.45, 7) is 10.4. The van der Waals surface area contributed by atoms with E-state index in [-0.39, 0.29) is 11.2 Å². The van der Waals surface area contributed by atoms with Gasteiger partial charge in [-0.05, 0) is 72.6 Å². The van der Waals surface area contributed by atoms with Crippen LogP contribution in [-0.2, 0) is 16.3 Å². The van der Waals surface area contributed by atoms with Crippen LogP contribution in [0.4, 0.5) is 5.69 Å². The highest BCUT2D eigenvalue weighted by molar-refractivity contribution is 7.97. The van der Waals surface area contributed by atoms with Crippen LogP contribution in [0.15, 0.2) is 83.3 Å². The highest BCUT2D eigenvalue weighted by Crippen LogP contribution is 2.51. The Bertz CT molecular complexity index is 1630. The van der Waals surface area contributed by atoms with Gasteiger partial charge in [0.2, 0.25) is 0 Å². The maximum atomic E-state index is 14.0. The number of benzene rings is 3. The lowest BCUT2D eigenvalue weighted by molar-refractivity contribution is -0.118. The second-order valence-electron chi connectivity index (χ2n) is 12.0. The number of Topliss-reactive ketones (excluding diaryl/α,β-unsaturated/α-hetero) is 1. The van der Waals surface area contributed by atoms with E-state index in [1.807, 2.05) is 47.9 Å². The summed E-state index contributed by atoms with van der Waals surface area (Å²) in [5.74, 6) is 1.69. The van der Waals surface area contributed by atoms with Gasteiger partial charge in [-0.25, -0.2) is 0 Å². The minimum absolute atomic E-state index is 0.0746. The zero-order valence-corrected chi connectivity index (χ0v) is 25.9. The molecule has 3 aromatic carbocycles. The predicted octanol–water partition coefficient (Wildman–Crippen LogP) is 8.64. The van der Waals surface area contributed by atoms with Crippen LogP contribution in [0.1, 0.15) is 66.0 Å². The number of anilines is 1. The fourth-order valence-corrected chi connectivity index (χ4v) is 7.33. The number of halogens is 1. The molecule has 1 aliphatic heterocycles. The number of nitrogens with zero attached hydrogens (tertiary/aromatic N) is 2. The third kappa shape index (κ3) is 5.69. The normalized spacial score (nSPS) is 18.4. The molecule has 210 valence electrons. The van der Waals surface area contributed by atoms with Gasteiger partial charge < -0.3 is 5.73 Å². The maximum absolute atomic E-state index is 14.0. The van der Waals surface area contributed by atoms with Crippen molar-refractivity contribution < 1.29 is 4.79 Å². The van der Waals surface area contributed by atoms with Crippen molar-refractivity contribution in [1.29, 1.82) is 5.26 Å². The Hall–Kier alpha value is -3.46. The Labute approximate surface area is 252 Å². The topological polar surface area (TPSA) is 70.1 Å². The summed E-state index contributed by atoms with van der Waals surface area (Å²) in [6.07, 6.45) is 1.09. The predicted molar refractivity (Wildman–Crippen MR) is 171 cm³/mol. The van der Waals surface area contributed by atoms with E-state index in [9.17, 15) is 10.1 Å². The lowest BCUT2D eigenvalue weighted by Crippen LogP contribution is -2.42. The molecule has 1 unspecified atom stereocenters. The molecule has 5 rings (SSSR count). The number of allylic oxidation sites excluding steroid dienone is 3. The Morgan fingerprint density at radius 3 is 2.46 bits per heavy atom. The fraction of sp³-hybridized carbons (Fsp3) is 0.314. The van der Waals surface area contributed by atoms with E-state index in [0.29, 0.717) is 34.8 Å². The maximum Gasteiger partial charge on any atom is 0.162 e. The third-order valence-electron chi connectivity index (χ3n) is 8.17. The summed E-state index contributed by atoms with van der Waals surface area (Å²) in [4.78, 5) is 15.9. The van der Waals surface area contributed by atoms with Crippen LogP contribution in [0.5, 0.6) is 0 Å². The molecule has 0 radical (unpaired) electrons. The molecule has 3 aromatic rings. The summed E-state index contributed by atoms with van der Waals surface area (Å²) in [6, 6.07) is 23.0. The standard InChI is InChI=1S/C35H36ClN3OS/c1-21-13-25(20-41-19-24-9-7-6-8-10-24)23(3)27(14-21)32-28(18-37)34(38)39(26-12-11-22(2)29(36)15-26)30-16-35(4,5)17-31(40)33(30)32/h6-15,32H,16-17,19-20,38H2,1-5H3.